The van der Waals surface area contributed by atoms with Crippen LogP contribution in [0.3, 0.4) is 0 Å². The Balaban J connectivity index is 1.61. The summed E-state index contributed by atoms with van der Waals surface area (Å²) in [5.74, 6) is 1.02. The molecule has 3 rings (SSSR count). The molecule has 0 aromatic heterocycles. The smallest absolute Gasteiger partial charge is 0.123 e. The summed E-state index contributed by atoms with van der Waals surface area (Å²) in [6, 6.07) is 7.42. The van der Waals surface area contributed by atoms with Crippen LogP contribution in [0, 0.1) is 0 Å². The van der Waals surface area contributed by atoms with Crippen LogP contribution in [0.25, 0.3) is 0 Å². The van der Waals surface area contributed by atoms with Crippen LogP contribution in [0.1, 0.15) is 30.4 Å². The van der Waals surface area contributed by atoms with Gasteiger partial charge in [-0.1, -0.05) is 12.1 Å². The van der Waals surface area contributed by atoms with Crippen molar-refractivity contribution in [1.82, 2.24) is 15.5 Å². The molecular formula is C17H27N3O. The second-order valence-corrected chi connectivity index (χ2v) is 6.18. The highest BCUT2D eigenvalue weighted by atomic mass is 16.5. The third kappa shape index (κ3) is 4.43. The topological polar surface area (TPSA) is 36.5 Å². The molecule has 0 radical (unpaired) electrons. The fraction of sp³-hybridized carbons (Fsp3) is 0.647. The summed E-state index contributed by atoms with van der Waals surface area (Å²) in [7, 11) is 1.77. The van der Waals surface area contributed by atoms with Crippen molar-refractivity contribution in [3.63, 3.8) is 0 Å². The third-order valence-electron chi connectivity index (χ3n) is 4.35. The van der Waals surface area contributed by atoms with E-state index in [9.17, 15) is 0 Å². The van der Waals surface area contributed by atoms with Gasteiger partial charge in [-0.25, -0.2) is 0 Å². The maximum Gasteiger partial charge on any atom is 0.123 e. The van der Waals surface area contributed by atoms with E-state index in [1.54, 1.807) is 7.11 Å². The summed E-state index contributed by atoms with van der Waals surface area (Å²) in [6.45, 7) is 6.50. The van der Waals surface area contributed by atoms with Gasteiger partial charge in [-0.05, 0) is 44.0 Å². The minimum absolute atomic E-state index is 0.735. The Bertz CT molecular complexity index is 451. The maximum absolute atomic E-state index is 5.58. The average molecular weight is 289 g/mol. The highest BCUT2D eigenvalue weighted by Gasteiger charge is 2.20. The van der Waals surface area contributed by atoms with Crippen LogP contribution in [-0.4, -0.2) is 44.2 Å². The van der Waals surface area contributed by atoms with Gasteiger partial charge in [-0.15, -0.1) is 0 Å². The zero-order valence-electron chi connectivity index (χ0n) is 13.0. The molecule has 0 unspecified atom stereocenters. The van der Waals surface area contributed by atoms with Crippen molar-refractivity contribution in [3.05, 3.63) is 29.3 Å². The maximum atomic E-state index is 5.58. The Labute approximate surface area is 127 Å². The van der Waals surface area contributed by atoms with Crippen molar-refractivity contribution in [2.24, 2.45) is 0 Å². The number of nitrogens with one attached hydrogen (secondary N) is 2. The summed E-state index contributed by atoms with van der Waals surface area (Å²) in [6.07, 6.45) is 3.88. The lowest BCUT2D eigenvalue weighted by Gasteiger charge is -2.20. The Morgan fingerprint density at radius 1 is 1.29 bits per heavy atom. The normalized spacial score (nSPS) is 20.2. The van der Waals surface area contributed by atoms with Crippen molar-refractivity contribution in [2.45, 2.75) is 38.4 Å². The summed E-state index contributed by atoms with van der Waals surface area (Å²) >= 11 is 0. The summed E-state index contributed by atoms with van der Waals surface area (Å²) < 4.78 is 5.58. The molecule has 1 saturated heterocycles. The van der Waals surface area contributed by atoms with Crippen molar-refractivity contribution < 1.29 is 4.74 Å². The first-order valence-electron chi connectivity index (χ1n) is 8.17. The highest BCUT2D eigenvalue weighted by molar-refractivity contribution is 5.37. The van der Waals surface area contributed by atoms with Gasteiger partial charge in [-0.3, -0.25) is 4.90 Å². The van der Waals surface area contributed by atoms with E-state index in [1.165, 1.54) is 36.9 Å². The molecule has 1 aliphatic heterocycles. The first-order valence-corrected chi connectivity index (χ1v) is 8.17. The van der Waals surface area contributed by atoms with E-state index >= 15 is 0 Å². The molecule has 0 atom stereocenters. The Morgan fingerprint density at radius 3 is 3.00 bits per heavy atom. The van der Waals surface area contributed by atoms with Gasteiger partial charge in [0.25, 0.3) is 0 Å². The van der Waals surface area contributed by atoms with E-state index in [1.807, 2.05) is 0 Å². The molecule has 1 saturated carbocycles. The fourth-order valence-corrected chi connectivity index (χ4v) is 2.89. The molecule has 4 heteroatoms. The molecule has 0 amide bonds. The number of rotatable bonds is 6. The molecule has 21 heavy (non-hydrogen) atoms. The minimum atomic E-state index is 0.735. The lowest BCUT2D eigenvalue weighted by atomic mass is 10.1. The number of hydrogen-bond donors (Lipinski definition) is 2. The lowest BCUT2D eigenvalue weighted by molar-refractivity contribution is 0.284. The quantitative estimate of drug-likeness (QED) is 0.836. The lowest BCUT2D eigenvalue weighted by Crippen LogP contribution is -2.27. The van der Waals surface area contributed by atoms with Crippen molar-refractivity contribution in [2.75, 3.05) is 33.3 Å². The van der Waals surface area contributed by atoms with Gasteiger partial charge in [0, 0.05) is 37.8 Å². The van der Waals surface area contributed by atoms with E-state index in [0.29, 0.717) is 0 Å². The molecular weight excluding hydrogens is 262 g/mol. The van der Waals surface area contributed by atoms with Crippen LogP contribution in [0.2, 0.25) is 0 Å². The van der Waals surface area contributed by atoms with Gasteiger partial charge in [0.15, 0.2) is 0 Å². The van der Waals surface area contributed by atoms with Gasteiger partial charge in [0.2, 0.25) is 0 Å². The molecule has 0 spiro atoms. The van der Waals surface area contributed by atoms with E-state index in [-0.39, 0.29) is 0 Å². The first-order chi connectivity index (χ1) is 10.3. The molecule has 116 valence electrons. The second-order valence-electron chi connectivity index (χ2n) is 6.18. The molecule has 2 N–H and O–H groups in total. The number of methoxy groups -OCH3 is 1. The minimum Gasteiger partial charge on any atom is -0.496 e. The van der Waals surface area contributed by atoms with Crippen molar-refractivity contribution in [3.8, 4) is 5.75 Å². The Hall–Kier alpha value is -1.10. The first kappa shape index (κ1) is 14.8. The number of nitrogens with zero attached hydrogens (tertiary/aromatic N) is 1. The van der Waals surface area contributed by atoms with Crippen LogP contribution < -0.4 is 15.4 Å². The molecule has 0 bridgehead atoms. The Kier molecular flexibility index (Phi) is 5.12. The molecule has 1 aromatic rings. The molecule has 2 fully saturated rings. The predicted molar refractivity (Wildman–Crippen MR) is 85.6 cm³/mol. The van der Waals surface area contributed by atoms with E-state index < -0.39 is 0 Å². The largest absolute Gasteiger partial charge is 0.496 e. The van der Waals surface area contributed by atoms with Gasteiger partial charge >= 0.3 is 0 Å². The summed E-state index contributed by atoms with van der Waals surface area (Å²) in [5.41, 5.74) is 2.62. The number of benzene rings is 1. The van der Waals surface area contributed by atoms with Crippen molar-refractivity contribution in [1.29, 1.82) is 0 Å². The molecule has 1 aliphatic carbocycles. The van der Waals surface area contributed by atoms with E-state index in [4.69, 9.17) is 4.74 Å². The van der Waals surface area contributed by atoms with Gasteiger partial charge < -0.3 is 15.4 Å². The molecule has 1 aromatic carbocycles. The number of ether oxygens (including phenoxy) is 1. The zero-order chi connectivity index (χ0) is 14.5. The third-order valence-corrected chi connectivity index (χ3v) is 4.35. The molecule has 4 nitrogen and oxygen atoms in total. The Morgan fingerprint density at radius 2 is 2.19 bits per heavy atom. The van der Waals surface area contributed by atoms with Crippen molar-refractivity contribution >= 4 is 0 Å². The van der Waals surface area contributed by atoms with Crippen LogP contribution >= 0.6 is 0 Å². The SMILES string of the molecule is COc1cc(CN2CCCNCC2)ccc1CNC1CC1. The van der Waals surface area contributed by atoms with Crippen LogP contribution in [0.5, 0.6) is 5.75 Å². The predicted octanol–water partition coefficient (Wildman–Crippen LogP) is 1.74. The monoisotopic (exact) mass is 289 g/mol. The zero-order valence-corrected chi connectivity index (χ0v) is 13.0. The fourth-order valence-electron chi connectivity index (χ4n) is 2.89. The molecule has 2 aliphatic rings. The van der Waals surface area contributed by atoms with E-state index in [2.05, 4.69) is 33.7 Å². The second kappa shape index (κ2) is 7.25. The van der Waals surface area contributed by atoms with Crippen LogP contribution in [0.4, 0.5) is 0 Å². The van der Waals surface area contributed by atoms with Gasteiger partial charge in [0.1, 0.15) is 5.75 Å². The van der Waals surface area contributed by atoms with Crippen LogP contribution in [0.15, 0.2) is 18.2 Å². The van der Waals surface area contributed by atoms with Crippen LogP contribution in [-0.2, 0) is 13.1 Å². The standard InChI is InChI=1S/C17H27N3O/c1-21-17-11-14(13-20-9-2-7-18-8-10-20)3-4-15(17)12-19-16-5-6-16/h3-4,11,16,18-19H,2,5-10,12-13H2,1H3. The van der Waals surface area contributed by atoms with Gasteiger partial charge in [-0.2, -0.15) is 0 Å². The van der Waals surface area contributed by atoms with Gasteiger partial charge in [0.05, 0.1) is 7.11 Å². The highest BCUT2D eigenvalue weighted by Crippen LogP contribution is 2.24. The van der Waals surface area contributed by atoms with E-state index in [0.717, 1.165) is 44.5 Å². The summed E-state index contributed by atoms with van der Waals surface area (Å²) in [4.78, 5) is 2.52. The summed E-state index contributed by atoms with van der Waals surface area (Å²) in [5, 5.41) is 7.01. The number of hydrogen-bond acceptors (Lipinski definition) is 4. The average Bonchev–Trinajstić information content (AvgIpc) is 3.33. The molecule has 1 heterocycles.